The summed E-state index contributed by atoms with van der Waals surface area (Å²) in [5.41, 5.74) is 0. The van der Waals surface area contributed by atoms with Crippen LogP contribution < -0.4 is 0 Å². The summed E-state index contributed by atoms with van der Waals surface area (Å²) in [4.78, 5) is 90.8. The molecule has 1 aliphatic rings. The summed E-state index contributed by atoms with van der Waals surface area (Å²) >= 11 is -2.87. The zero-order valence-corrected chi connectivity index (χ0v) is 43.4. The van der Waals surface area contributed by atoms with E-state index in [4.69, 9.17) is 116 Å². The molecule has 280 valence electrons. The molecule has 1 fully saturated rings. The second-order valence-corrected chi connectivity index (χ2v) is 22.6. The van der Waals surface area contributed by atoms with Crippen molar-refractivity contribution in [2.24, 2.45) is 0 Å². The Bertz CT molecular complexity index is 720. The van der Waals surface area contributed by atoms with Gasteiger partial charge < -0.3 is 37.9 Å². The van der Waals surface area contributed by atoms with Crippen molar-refractivity contribution in [1.29, 1.82) is 0 Å². The molecule has 0 aromatic rings. The number of hydrogen-bond donors (Lipinski definition) is 0. The van der Waals surface area contributed by atoms with E-state index in [9.17, 15) is 38.4 Å². The van der Waals surface area contributed by atoms with E-state index in [1.165, 1.54) is 0 Å². The van der Waals surface area contributed by atoms with Gasteiger partial charge >= 0.3 is 175 Å². The Kier molecular flexibility index (Phi) is 73.0. The molecule has 0 aromatic carbocycles. The molecule has 1 rings (SSSR count). The zero-order chi connectivity index (χ0) is 40.2. The molecule has 0 amide bonds. The van der Waals surface area contributed by atoms with Crippen LogP contribution >= 0.6 is 116 Å². The van der Waals surface area contributed by atoms with Gasteiger partial charge in [0.05, 0.1) is 0 Å². The number of carbonyl (C=O) groups is 8. The first-order valence-corrected chi connectivity index (χ1v) is 39.5. The van der Waals surface area contributed by atoms with Crippen LogP contribution in [0.1, 0.15) is 0 Å². The molecule has 1 heterocycles. The van der Waals surface area contributed by atoms with E-state index in [0.29, 0.717) is 0 Å². The second-order valence-electron chi connectivity index (χ2n) is 5.56. The van der Waals surface area contributed by atoms with Crippen LogP contribution in [0.3, 0.4) is 0 Å². The van der Waals surface area contributed by atoms with Crippen LogP contribution in [-0.4, -0.2) is 192 Å². The Morgan fingerprint density at radius 3 is 0.420 bits per heavy atom. The molecule has 1 aliphatic heterocycles. The summed E-state index contributed by atoms with van der Waals surface area (Å²) in [7, 11) is 58.5. The number of halogens is 12. The summed E-state index contributed by atoms with van der Waals surface area (Å²) in [6, 6.07) is 0. The van der Waals surface area contributed by atoms with E-state index in [1.54, 1.807) is 0 Å². The van der Waals surface area contributed by atoms with Crippen LogP contribution in [0.25, 0.3) is 0 Å². The quantitative estimate of drug-likeness (QED) is 0.148. The van der Waals surface area contributed by atoms with E-state index in [2.05, 4.69) is 37.9 Å². The van der Waals surface area contributed by atoms with Crippen LogP contribution in [0, 0.1) is 0 Å². The van der Waals surface area contributed by atoms with Gasteiger partial charge in [0.25, 0.3) is 0 Å². The number of cyclic esters (lactones) is 8. The van der Waals surface area contributed by atoms with Gasteiger partial charge in [0.2, 0.25) is 0 Å². The maximum atomic E-state index is 11.3. The fourth-order valence-corrected chi connectivity index (χ4v) is 1.55. The predicted octanol–water partition coefficient (Wildman–Crippen LogP) is 2.33. The van der Waals surface area contributed by atoms with Gasteiger partial charge in [0.15, 0.2) is 0 Å². The predicted molar refractivity (Wildman–Crippen MR) is 192 cm³/mol. The van der Waals surface area contributed by atoms with Gasteiger partial charge in [-0.2, -0.15) is 0 Å². The van der Waals surface area contributed by atoms with Crippen molar-refractivity contribution in [2.75, 3.05) is 52.9 Å². The van der Waals surface area contributed by atoms with Crippen LogP contribution in [0.2, 0.25) is 0 Å². The molecule has 50 heavy (non-hydrogen) atoms. The van der Waals surface area contributed by atoms with Crippen molar-refractivity contribution < 1.29 is 76.3 Å². The molecule has 0 bridgehead atoms. The van der Waals surface area contributed by atoms with Crippen molar-refractivity contribution in [3.8, 4) is 0 Å². The fourth-order valence-electron chi connectivity index (χ4n) is 1.55. The van der Waals surface area contributed by atoms with Crippen molar-refractivity contribution in [1.82, 2.24) is 0 Å². The van der Waals surface area contributed by atoms with E-state index < -0.39 is 138 Å². The molecule has 0 atom stereocenters. The van der Waals surface area contributed by atoms with Gasteiger partial charge in [-0.25, -0.2) is 119 Å². The summed E-state index contributed by atoms with van der Waals surface area (Å²) in [5.74, 6) is -11.8. The maximum absolute atomic E-state index is 11.3. The Morgan fingerprint density at radius 2 is 0.360 bits per heavy atom. The standard InChI is InChI=1S/C16H16O16.4Al.12ClH.2Sn/c17-9-10(18)27-3-4-29-13(21)14(22)31-7-8-32-16(24)15(23)30-6-5-28-12(20)11(19)26-2-1-25-9;;;;;;;;;;;;;;;;;;/h1-8H2;;;;;12*1H;;/q;4*+2;;;;;;;;;;;;;2*+2/p-12. The van der Waals surface area contributed by atoms with Crippen LogP contribution in [0.15, 0.2) is 0 Å². The van der Waals surface area contributed by atoms with Crippen LogP contribution in [0.4, 0.5) is 0 Å². The summed E-state index contributed by atoms with van der Waals surface area (Å²) in [6.07, 6.45) is 0. The topological polar surface area (TPSA) is 210 Å². The molecule has 1 saturated heterocycles. The molecular formula is C16H16Al4Cl12O16Sn2. The van der Waals surface area contributed by atoms with Crippen LogP contribution in [0.5, 0.6) is 0 Å². The van der Waals surface area contributed by atoms with Crippen molar-refractivity contribution in [2.45, 2.75) is 0 Å². The van der Waals surface area contributed by atoms with Crippen LogP contribution in [-0.2, 0) is 76.3 Å². The number of ether oxygens (including phenoxy) is 8. The summed E-state index contributed by atoms with van der Waals surface area (Å²) < 4.78 is 35.3. The third kappa shape index (κ3) is 57.7. The summed E-state index contributed by atoms with van der Waals surface area (Å²) in [5, 5.41) is 0. The number of esters is 8. The average molecular weight is 1240 g/mol. The number of carbonyl (C=O) groups excluding carboxylic acids is 8. The molecule has 16 nitrogen and oxygen atoms in total. The van der Waals surface area contributed by atoms with Gasteiger partial charge in [0, 0.05) is 0 Å². The van der Waals surface area contributed by atoms with E-state index >= 15 is 0 Å². The minimum absolute atomic E-state index is 0.306. The molecule has 0 aliphatic carbocycles. The first-order chi connectivity index (χ1) is 23.7. The van der Waals surface area contributed by atoms with E-state index in [-0.39, 0.29) is 53.5 Å². The SMILES string of the molecule is O=C1OCCOC(=O)C(=O)OCCOC(=O)C(=O)OCCOC(=O)C(=O)OCCOC1=O.[Cl][Al][Cl].[Cl][Al][Cl].[Cl][Al][Cl].[Cl][Al][Cl].[Cl][Sn][Cl].[Cl][Sn][Cl]. The Morgan fingerprint density at radius 1 is 0.300 bits per heavy atom. The van der Waals surface area contributed by atoms with E-state index in [1.807, 2.05) is 0 Å². The van der Waals surface area contributed by atoms with Crippen molar-refractivity contribution in [3.63, 3.8) is 0 Å². The van der Waals surface area contributed by atoms with Crippen molar-refractivity contribution in [3.05, 3.63) is 0 Å². The van der Waals surface area contributed by atoms with Gasteiger partial charge in [-0.3, -0.25) is 0 Å². The molecule has 0 spiro atoms. The molecule has 0 saturated carbocycles. The molecule has 0 unspecified atom stereocenters. The first-order valence-electron chi connectivity index (χ1n) is 11.1. The van der Waals surface area contributed by atoms with Gasteiger partial charge in [-0.1, -0.05) is 0 Å². The minimum atomic E-state index is -1.47. The van der Waals surface area contributed by atoms with Gasteiger partial charge in [-0.15, -0.1) is 0 Å². The number of hydrogen-bond acceptors (Lipinski definition) is 16. The molecule has 0 N–H and O–H groups in total. The molecule has 8 radical (unpaired) electrons. The zero-order valence-electron chi connectivity index (χ0n) is 24.0. The average Bonchev–Trinajstić information content (AvgIpc) is 3.06. The third-order valence-corrected chi connectivity index (χ3v) is 2.87. The Balaban J connectivity index is -0.000000224. The second kappa shape index (κ2) is 56.3. The number of rotatable bonds is 0. The van der Waals surface area contributed by atoms with Gasteiger partial charge in [0.1, 0.15) is 52.9 Å². The third-order valence-electron chi connectivity index (χ3n) is 2.87. The van der Waals surface area contributed by atoms with Crippen molar-refractivity contribution >= 4 is 255 Å². The van der Waals surface area contributed by atoms with Gasteiger partial charge in [-0.05, 0) is 0 Å². The fraction of sp³-hybridized carbons (Fsp3) is 0.500. The molecule has 0 aromatic heterocycles. The Labute approximate surface area is 378 Å². The monoisotopic (exact) mass is 1230 g/mol. The summed E-state index contributed by atoms with van der Waals surface area (Å²) in [6.45, 7) is -4.94. The molecule has 34 heteroatoms. The molecular weight excluding hydrogens is 1220 g/mol. The van der Waals surface area contributed by atoms with E-state index in [0.717, 1.165) is 0 Å². The normalized spacial score (nSPS) is 14.3. The Hall–Kier alpha value is 2.97. The first kappa shape index (κ1) is 64.8.